The number of nitrogens with one attached hydrogen (secondary N) is 1. The van der Waals surface area contributed by atoms with Gasteiger partial charge in [-0.05, 0) is 28.7 Å². The van der Waals surface area contributed by atoms with Gasteiger partial charge in [0.1, 0.15) is 13.2 Å². The quantitative estimate of drug-likeness (QED) is 0.379. The summed E-state index contributed by atoms with van der Waals surface area (Å²) in [6.45, 7) is 4.66. The molecule has 0 heterocycles. The van der Waals surface area contributed by atoms with Crippen molar-refractivity contribution in [2.75, 3.05) is 40.9 Å². The molecule has 0 fully saturated rings. The molecule has 8 heteroatoms. The Kier molecular flexibility index (Phi) is 9.22. The van der Waals surface area contributed by atoms with Gasteiger partial charge >= 0.3 is 7.82 Å². The van der Waals surface area contributed by atoms with Crippen LogP contribution in [-0.2, 0) is 24.8 Å². The Balaban J connectivity index is 1.91. The van der Waals surface area contributed by atoms with Crippen LogP contribution >= 0.6 is 7.82 Å². The third-order valence-electron chi connectivity index (χ3n) is 4.75. The largest absolute Gasteiger partial charge is 0.472 e. The van der Waals surface area contributed by atoms with Crippen molar-refractivity contribution in [3.63, 3.8) is 0 Å². The first-order valence-corrected chi connectivity index (χ1v) is 12.1. The molecular formula is C23H36N2O5P+. The van der Waals surface area contributed by atoms with Gasteiger partial charge < -0.3 is 14.7 Å². The molecule has 2 aromatic rings. The lowest BCUT2D eigenvalue weighted by Crippen LogP contribution is -2.40. The summed E-state index contributed by atoms with van der Waals surface area (Å²) in [4.78, 5) is 22.6. The number of nitrogens with zero attached hydrogens (tertiary/aromatic N) is 1. The molecule has 0 aromatic heterocycles. The van der Waals surface area contributed by atoms with E-state index in [0.29, 0.717) is 17.4 Å². The van der Waals surface area contributed by atoms with Crippen molar-refractivity contribution in [3.05, 3.63) is 48.0 Å². The third kappa shape index (κ3) is 9.93. The number of hydrogen-bond acceptors (Lipinski definition) is 4. The van der Waals surface area contributed by atoms with Gasteiger partial charge in [0, 0.05) is 0 Å². The van der Waals surface area contributed by atoms with Crippen molar-refractivity contribution < 1.29 is 27.8 Å². The molecule has 31 heavy (non-hydrogen) atoms. The van der Waals surface area contributed by atoms with Crippen LogP contribution < -0.4 is 5.32 Å². The van der Waals surface area contributed by atoms with Crippen molar-refractivity contribution in [1.82, 2.24) is 5.32 Å². The van der Waals surface area contributed by atoms with Gasteiger partial charge in [0.25, 0.3) is 0 Å². The summed E-state index contributed by atoms with van der Waals surface area (Å²) < 4.78 is 23.0. The van der Waals surface area contributed by atoms with E-state index in [9.17, 15) is 14.3 Å². The molecule has 1 unspecified atom stereocenters. The highest BCUT2D eigenvalue weighted by atomic mass is 31.2. The standard InChI is InChI=1S/C23H35N2O5P/c1-18(2)14-22(17-30-31(27,28)29-13-12-25(3,4)5)24-23(26)16-19-10-11-20-8-6-7-9-21(20)15-19/h6-11,15,18,22H,12-14,16-17H2,1-5H3,(H-,24,26,27,28)/p+1/t22-/m1/s1. The monoisotopic (exact) mass is 451 g/mol. The van der Waals surface area contributed by atoms with Gasteiger partial charge in [-0.1, -0.05) is 56.3 Å². The second-order valence-corrected chi connectivity index (χ2v) is 10.8. The number of amides is 1. The lowest BCUT2D eigenvalue weighted by Gasteiger charge is -2.25. The average Bonchev–Trinajstić information content (AvgIpc) is 2.64. The molecule has 172 valence electrons. The summed E-state index contributed by atoms with van der Waals surface area (Å²) in [5.41, 5.74) is 0.914. The first-order valence-electron chi connectivity index (χ1n) is 10.6. The molecule has 0 aliphatic carbocycles. The van der Waals surface area contributed by atoms with Gasteiger partial charge in [0.2, 0.25) is 5.91 Å². The fourth-order valence-electron chi connectivity index (χ4n) is 3.20. The van der Waals surface area contributed by atoms with Crippen LogP contribution in [0.2, 0.25) is 0 Å². The predicted octanol–water partition coefficient (Wildman–Crippen LogP) is 3.75. The Hall–Kier alpha value is -1.76. The predicted molar refractivity (Wildman–Crippen MR) is 124 cm³/mol. The number of rotatable bonds is 12. The molecule has 0 aliphatic rings. The number of fused-ring (bicyclic) bond motifs is 1. The number of hydrogen-bond donors (Lipinski definition) is 2. The van der Waals surface area contributed by atoms with Crippen molar-refractivity contribution in [2.45, 2.75) is 32.7 Å². The van der Waals surface area contributed by atoms with Crippen LogP contribution in [0, 0.1) is 5.92 Å². The Labute approximate surface area is 185 Å². The zero-order chi connectivity index (χ0) is 23.1. The van der Waals surface area contributed by atoms with E-state index in [4.69, 9.17) is 9.05 Å². The molecule has 0 aliphatic heterocycles. The summed E-state index contributed by atoms with van der Waals surface area (Å²) in [6, 6.07) is 13.6. The Morgan fingerprint density at radius 3 is 2.42 bits per heavy atom. The fourth-order valence-corrected chi connectivity index (χ4v) is 3.96. The molecule has 2 atom stereocenters. The molecule has 2 aromatic carbocycles. The molecule has 0 spiro atoms. The third-order valence-corrected chi connectivity index (χ3v) is 5.74. The van der Waals surface area contributed by atoms with Crippen LogP contribution in [0.3, 0.4) is 0 Å². The first-order chi connectivity index (χ1) is 14.4. The lowest BCUT2D eigenvalue weighted by molar-refractivity contribution is -0.870. The van der Waals surface area contributed by atoms with E-state index in [1.165, 1.54) is 0 Å². The van der Waals surface area contributed by atoms with Crippen LogP contribution in [0.25, 0.3) is 10.8 Å². The summed E-state index contributed by atoms with van der Waals surface area (Å²) in [6.07, 6.45) is 0.860. The van der Waals surface area contributed by atoms with Crippen molar-refractivity contribution in [3.8, 4) is 0 Å². The maximum atomic E-state index is 12.6. The summed E-state index contributed by atoms with van der Waals surface area (Å²) in [5, 5.41) is 5.15. The van der Waals surface area contributed by atoms with Gasteiger partial charge in [-0.3, -0.25) is 13.8 Å². The van der Waals surface area contributed by atoms with Crippen LogP contribution in [-0.4, -0.2) is 62.2 Å². The van der Waals surface area contributed by atoms with Gasteiger partial charge in [-0.15, -0.1) is 0 Å². The van der Waals surface area contributed by atoms with E-state index in [1.807, 2.05) is 77.5 Å². The summed E-state index contributed by atoms with van der Waals surface area (Å²) in [5.74, 6) is 0.134. The fraction of sp³-hybridized carbons (Fsp3) is 0.522. The maximum absolute atomic E-state index is 12.6. The number of carbonyl (C=O) groups excluding carboxylic acids is 1. The maximum Gasteiger partial charge on any atom is 0.472 e. The molecule has 0 saturated heterocycles. The average molecular weight is 452 g/mol. The number of carbonyl (C=O) groups is 1. The number of phosphoric acid groups is 1. The topological polar surface area (TPSA) is 84.9 Å². The first kappa shape index (κ1) is 25.5. The normalized spacial score (nSPS) is 15.1. The van der Waals surface area contributed by atoms with Gasteiger partial charge in [0.05, 0.1) is 40.2 Å². The zero-order valence-electron chi connectivity index (χ0n) is 19.2. The second kappa shape index (κ2) is 11.2. The molecule has 0 bridgehead atoms. The molecule has 0 radical (unpaired) electrons. The minimum absolute atomic E-state index is 0.0835. The van der Waals surface area contributed by atoms with E-state index in [0.717, 1.165) is 16.3 Å². The highest BCUT2D eigenvalue weighted by Crippen LogP contribution is 2.43. The number of likely N-dealkylation sites (N-methyl/N-ethyl adjacent to an activating group) is 1. The molecule has 2 rings (SSSR count). The van der Waals surface area contributed by atoms with Crippen LogP contribution in [0.15, 0.2) is 42.5 Å². The van der Waals surface area contributed by atoms with E-state index >= 15 is 0 Å². The molecule has 1 amide bonds. The van der Waals surface area contributed by atoms with E-state index in [-0.39, 0.29) is 37.5 Å². The molecular weight excluding hydrogens is 415 g/mol. The Morgan fingerprint density at radius 2 is 1.77 bits per heavy atom. The summed E-state index contributed by atoms with van der Waals surface area (Å²) >= 11 is 0. The number of benzene rings is 2. The van der Waals surface area contributed by atoms with Crippen molar-refractivity contribution in [2.24, 2.45) is 5.92 Å². The zero-order valence-corrected chi connectivity index (χ0v) is 20.1. The number of phosphoric ester groups is 1. The highest BCUT2D eigenvalue weighted by Gasteiger charge is 2.25. The Morgan fingerprint density at radius 1 is 1.10 bits per heavy atom. The second-order valence-electron chi connectivity index (χ2n) is 9.36. The van der Waals surface area contributed by atoms with E-state index in [2.05, 4.69) is 5.32 Å². The van der Waals surface area contributed by atoms with Crippen molar-refractivity contribution in [1.29, 1.82) is 0 Å². The Bertz CT molecular complexity index is 910. The van der Waals surface area contributed by atoms with E-state index < -0.39 is 7.82 Å². The van der Waals surface area contributed by atoms with Gasteiger partial charge in [-0.2, -0.15) is 0 Å². The van der Waals surface area contributed by atoms with Crippen molar-refractivity contribution >= 4 is 24.5 Å². The van der Waals surface area contributed by atoms with Crippen LogP contribution in [0.1, 0.15) is 25.8 Å². The minimum atomic E-state index is -4.17. The van der Waals surface area contributed by atoms with Crippen LogP contribution in [0.4, 0.5) is 0 Å². The van der Waals surface area contributed by atoms with E-state index in [1.54, 1.807) is 0 Å². The SMILES string of the molecule is CC(C)C[C@H](COP(=O)(O)OCC[N+](C)(C)C)NC(=O)Cc1ccc2ccccc2c1. The smallest absolute Gasteiger partial charge is 0.351 e. The minimum Gasteiger partial charge on any atom is -0.351 e. The molecule has 0 saturated carbocycles. The highest BCUT2D eigenvalue weighted by molar-refractivity contribution is 7.47. The summed E-state index contributed by atoms with van der Waals surface area (Å²) in [7, 11) is 1.73. The van der Waals surface area contributed by atoms with Gasteiger partial charge in [0.15, 0.2) is 0 Å². The number of quaternary nitrogens is 1. The van der Waals surface area contributed by atoms with Crippen LogP contribution in [0.5, 0.6) is 0 Å². The molecule has 2 N–H and O–H groups in total. The lowest BCUT2D eigenvalue weighted by atomic mass is 10.0. The van der Waals surface area contributed by atoms with Gasteiger partial charge in [-0.25, -0.2) is 4.57 Å². The molecule has 7 nitrogen and oxygen atoms in total.